The van der Waals surface area contributed by atoms with Crippen molar-refractivity contribution in [2.75, 3.05) is 11.9 Å². The van der Waals surface area contributed by atoms with E-state index >= 15 is 0 Å². The highest BCUT2D eigenvalue weighted by atomic mass is 35.5. The molecule has 0 spiro atoms. The van der Waals surface area contributed by atoms with Crippen molar-refractivity contribution in [1.82, 2.24) is 5.10 Å². The van der Waals surface area contributed by atoms with Gasteiger partial charge in [-0.3, -0.25) is 4.79 Å². The van der Waals surface area contributed by atoms with E-state index in [-0.39, 0.29) is 11.4 Å². The number of anilines is 1. The lowest BCUT2D eigenvalue weighted by molar-refractivity contribution is -0.603. The van der Waals surface area contributed by atoms with Gasteiger partial charge in [0.2, 0.25) is 0 Å². The maximum Gasteiger partial charge on any atom is 0.341 e. The summed E-state index contributed by atoms with van der Waals surface area (Å²) in [5.41, 5.74) is 1.85. The molecule has 10 heteroatoms. The van der Waals surface area contributed by atoms with Crippen LogP contribution in [-0.2, 0) is 16.0 Å². The Morgan fingerprint density at radius 2 is 1.94 bits per heavy atom. The van der Waals surface area contributed by atoms with E-state index in [0.29, 0.717) is 27.9 Å². The smallest absolute Gasteiger partial charge is 0.341 e. The van der Waals surface area contributed by atoms with Crippen LogP contribution in [0, 0.1) is 5.41 Å². The van der Waals surface area contributed by atoms with E-state index in [1.165, 1.54) is 16.0 Å². The van der Waals surface area contributed by atoms with Gasteiger partial charge >= 0.3 is 17.0 Å². The molecule has 0 saturated carbocycles. The van der Waals surface area contributed by atoms with Gasteiger partial charge < -0.3 is 9.84 Å². The summed E-state index contributed by atoms with van der Waals surface area (Å²) in [6.45, 7) is -0.435. The van der Waals surface area contributed by atoms with E-state index in [9.17, 15) is 9.59 Å². The van der Waals surface area contributed by atoms with Gasteiger partial charge in [-0.1, -0.05) is 45.6 Å². The van der Waals surface area contributed by atoms with Gasteiger partial charge in [0.15, 0.2) is 6.61 Å². The summed E-state index contributed by atoms with van der Waals surface area (Å²) in [7, 11) is 0. The second-order valence-electron chi connectivity index (χ2n) is 6.63. The second kappa shape index (κ2) is 8.66. The molecule has 0 fully saturated rings. The number of benzene rings is 2. The van der Waals surface area contributed by atoms with Gasteiger partial charge in [-0.2, -0.15) is 5.41 Å². The van der Waals surface area contributed by atoms with Gasteiger partial charge in [0.05, 0.1) is 0 Å². The first-order valence-electron chi connectivity index (χ1n) is 9.12. The molecule has 0 saturated heterocycles. The largest absolute Gasteiger partial charge is 0.482 e. The number of hydrogen-bond donors (Lipinski definition) is 3. The van der Waals surface area contributed by atoms with Crippen LogP contribution in [0.3, 0.4) is 0 Å². The number of aliphatic carboxylic acids is 1. The molecule has 4 rings (SSSR count). The van der Waals surface area contributed by atoms with E-state index < -0.39 is 18.5 Å². The monoisotopic (exact) mass is 455 g/mol. The van der Waals surface area contributed by atoms with E-state index in [4.69, 9.17) is 26.9 Å². The van der Waals surface area contributed by atoms with E-state index in [1.807, 2.05) is 12.1 Å². The molecule has 0 unspecified atom stereocenters. The van der Waals surface area contributed by atoms with Gasteiger partial charge in [-0.25, -0.2) is 10.1 Å². The number of rotatable bonds is 6. The molecule has 1 aliphatic heterocycles. The Balaban J connectivity index is 1.54. The number of fused-ring (bicyclic) bond motifs is 1. The Hall–Kier alpha value is -3.56. The van der Waals surface area contributed by atoms with E-state index in [2.05, 4.69) is 10.4 Å². The van der Waals surface area contributed by atoms with Crippen molar-refractivity contribution in [2.45, 2.75) is 6.42 Å². The number of halogens is 1. The topological polar surface area (TPSA) is 116 Å². The van der Waals surface area contributed by atoms with Crippen molar-refractivity contribution < 1.29 is 24.1 Å². The highest BCUT2D eigenvalue weighted by Crippen LogP contribution is 2.23. The lowest BCUT2D eigenvalue weighted by Gasteiger charge is -2.09. The van der Waals surface area contributed by atoms with Gasteiger partial charge in [0.1, 0.15) is 16.3 Å². The number of nitrogens with zero attached hydrogens (tertiary/aromatic N) is 2. The molecule has 1 amide bonds. The first kappa shape index (κ1) is 20.7. The summed E-state index contributed by atoms with van der Waals surface area (Å²) in [6, 6.07) is 14.0. The molecule has 0 radical (unpaired) electrons. The Bertz CT molecular complexity index is 1200. The maximum atomic E-state index is 12.6. The zero-order valence-electron chi connectivity index (χ0n) is 16.0. The molecule has 3 aromatic rings. The zero-order valence-corrected chi connectivity index (χ0v) is 17.5. The minimum atomic E-state index is -1.06. The molecule has 2 heterocycles. The molecule has 3 N–H and O–H groups in total. The number of nitrogens with one attached hydrogen (secondary N) is 2. The average molecular weight is 456 g/mol. The highest BCUT2D eigenvalue weighted by Gasteiger charge is 2.35. The number of carboxylic acid groups (broad SMARTS) is 1. The standard InChI is InChI=1S/C21H15ClN4O4S/c22-14-5-1-13(2-6-14)10-17-25-26-19(23)16(20(29)24-21(26)31-17)9-12-3-7-15(8-4-12)30-11-18(27)28/h1-9,23H,10-11H2,(H,27,28)/p+1. The summed E-state index contributed by atoms with van der Waals surface area (Å²) in [5, 5.41) is 26.3. The Kier molecular flexibility index (Phi) is 5.79. The molecule has 31 heavy (non-hydrogen) atoms. The van der Waals surface area contributed by atoms with Crippen molar-refractivity contribution in [2.24, 2.45) is 0 Å². The lowest BCUT2D eigenvalue weighted by atomic mass is 10.1. The van der Waals surface area contributed by atoms with Gasteiger partial charge in [0.25, 0.3) is 5.84 Å². The third kappa shape index (κ3) is 4.79. The highest BCUT2D eigenvalue weighted by molar-refractivity contribution is 7.15. The van der Waals surface area contributed by atoms with Crippen LogP contribution in [0.1, 0.15) is 16.1 Å². The van der Waals surface area contributed by atoms with Crippen LogP contribution >= 0.6 is 22.9 Å². The molecular weight excluding hydrogens is 440 g/mol. The molecular formula is C21H16ClN4O4S+. The first-order chi connectivity index (χ1) is 14.9. The molecule has 1 aliphatic rings. The molecule has 8 nitrogen and oxygen atoms in total. The van der Waals surface area contributed by atoms with Gasteiger partial charge in [-0.05, 0) is 52.8 Å². The minimum absolute atomic E-state index is 0.0245. The number of hydrogen-bond acceptors (Lipinski definition) is 6. The number of amides is 1. The van der Waals surface area contributed by atoms with Crippen molar-refractivity contribution in [3.05, 3.63) is 75.3 Å². The number of carboxylic acids is 1. The number of carbonyl (C=O) groups is 2. The molecule has 0 aliphatic carbocycles. The van der Waals surface area contributed by atoms with Crippen molar-refractivity contribution in [1.29, 1.82) is 5.41 Å². The summed E-state index contributed by atoms with van der Waals surface area (Å²) in [6.07, 6.45) is 2.13. The lowest BCUT2D eigenvalue weighted by Crippen LogP contribution is -2.53. The van der Waals surface area contributed by atoms with Crippen molar-refractivity contribution >= 4 is 51.9 Å². The zero-order chi connectivity index (χ0) is 22.0. The Labute approximate surface area is 185 Å². The predicted molar refractivity (Wildman–Crippen MR) is 116 cm³/mol. The fourth-order valence-electron chi connectivity index (χ4n) is 2.90. The number of carbonyl (C=O) groups excluding carboxylic acids is 1. The summed E-state index contributed by atoms with van der Waals surface area (Å²) >= 11 is 7.24. The molecule has 2 aromatic carbocycles. The fraction of sp³-hybridized carbons (Fsp3) is 0.0952. The third-order valence-corrected chi connectivity index (χ3v) is 5.55. The average Bonchev–Trinajstić information content (AvgIpc) is 3.14. The number of ether oxygens (including phenoxy) is 1. The Morgan fingerprint density at radius 3 is 2.61 bits per heavy atom. The number of aromatic nitrogens is 2. The van der Waals surface area contributed by atoms with Crippen LogP contribution in [0.15, 0.2) is 54.1 Å². The SMILES string of the molecule is N=C1C(=Cc2ccc(OCC(=O)O)cc2)C(=O)Nc2sc(Cc3ccc(Cl)cc3)n[n+]21. The van der Waals surface area contributed by atoms with Crippen LogP contribution in [0.4, 0.5) is 5.13 Å². The molecule has 0 atom stereocenters. The van der Waals surface area contributed by atoms with Crippen LogP contribution in [-0.4, -0.2) is 34.5 Å². The summed E-state index contributed by atoms with van der Waals surface area (Å²) in [5.74, 6) is -1.08. The van der Waals surface area contributed by atoms with Crippen LogP contribution < -0.4 is 14.7 Å². The molecule has 0 bridgehead atoms. The predicted octanol–water partition coefficient (Wildman–Crippen LogP) is 3.00. The maximum absolute atomic E-state index is 12.6. The van der Waals surface area contributed by atoms with Crippen LogP contribution in [0.25, 0.3) is 6.08 Å². The fourth-order valence-corrected chi connectivity index (χ4v) is 3.98. The van der Waals surface area contributed by atoms with Crippen molar-refractivity contribution in [3.8, 4) is 5.75 Å². The summed E-state index contributed by atoms with van der Waals surface area (Å²) < 4.78 is 6.51. The minimum Gasteiger partial charge on any atom is -0.482 e. The van der Waals surface area contributed by atoms with E-state index in [0.717, 1.165) is 10.6 Å². The van der Waals surface area contributed by atoms with Gasteiger partial charge in [-0.15, -0.1) is 0 Å². The molecule has 1 aromatic heterocycles. The van der Waals surface area contributed by atoms with Gasteiger partial charge in [0, 0.05) is 11.4 Å². The van der Waals surface area contributed by atoms with Crippen LogP contribution in [0.2, 0.25) is 5.02 Å². The van der Waals surface area contributed by atoms with E-state index in [1.54, 1.807) is 42.5 Å². The normalized spacial score (nSPS) is 14.3. The Morgan fingerprint density at radius 1 is 1.23 bits per heavy atom. The quantitative estimate of drug-likeness (QED) is 0.390. The second-order valence-corrected chi connectivity index (χ2v) is 8.13. The van der Waals surface area contributed by atoms with Crippen molar-refractivity contribution in [3.63, 3.8) is 0 Å². The first-order valence-corrected chi connectivity index (χ1v) is 10.3. The third-order valence-electron chi connectivity index (χ3n) is 4.37. The summed E-state index contributed by atoms with van der Waals surface area (Å²) in [4.78, 5) is 23.1. The molecule has 156 valence electrons. The van der Waals surface area contributed by atoms with Crippen LogP contribution in [0.5, 0.6) is 5.75 Å².